The van der Waals surface area contributed by atoms with Crippen LogP contribution in [0.3, 0.4) is 0 Å². The van der Waals surface area contributed by atoms with Crippen molar-refractivity contribution in [3.05, 3.63) is 88.5 Å². The molecule has 0 radical (unpaired) electrons. The zero-order chi connectivity index (χ0) is 23.1. The quantitative estimate of drug-likeness (QED) is 0.481. The average molecular weight is 459 g/mol. The molecule has 1 aromatic carbocycles. The van der Waals surface area contributed by atoms with Gasteiger partial charge in [-0.15, -0.1) is 0 Å². The molecule has 1 aliphatic heterocycles. The van der Waals surface area contributed by atoms with E-state index >= 15 is 0 Å². The Morgan fingerprint density at radius 3 is 2.55 bits per heavy atom. The summed E-state index contributed by atoms with van der Waals surface area (Å²) >= 11 is 6.90. The lowest BCUT2D eigenvalue weighted by Gasteiger charge is -2.38. The van der Waals surface area contributed by atoms with Gasteiger partial charge in [-0.1, -0.05) is 36.9 Å². The number of aryl methyl sites for hydroxylation is 1. The number of hydrogen-bond donors (Lipinski definition) is 0. The molecule has 0 spiro atoms. The number of piperazine rings is 1. The van der Waals surface area contributed by atoms with Crippen LogP contribution >= 0.6 is 11.6 Å². The highest BCUT2D eigenvalue weighted by Gasteiger charge is 2.26. The molecule has 1 saturated heterocycles. The first kappa shape index (κ1) is 22.0. The van der Waals surface area contributed by atoms with Gasteiger partial charge in [-0.25, -0.2) is 0 Å². The number of halogens is 1. The van der Waals surface area contributed by atoms with Crippen molar-refractivity contribution in [3.63, 3.8) is 0 Å². The van der Waals surface area contributed by atoms with E-state index in [1.807, 2.05) is 6.20 Å². The summed E-state index contributed by atoms with van der Waals surface area (Å²) in [5, 5.41) is 1.89. The fourth-order valence-corrected chi connectivity index (χ4v) is 5.51. The van der Waals surface area contributed by atoms with E-state index in [1.54, 1.807) is 0 Å². The third-order valence-electron chi connectivity index (χ3n) is 7.17. The molecule has 2 aliphatic rings. The minimum absolute atomic E-state index is 0.390. The van der Waals surface area contributed by atoms with Crippen LogP contribution in [0.1, 0.15) is 47.3 Å². The second kappa shape index (κ2) is 8.83. The molecule has 0 amide bonds. The molecule has 5 heteroatoms. The normalized spacial score (nSPS) is 18.3. The molecule has 0 saturated carbocycles. The number of pyridine rings is 2. The Hall–Kier alpha value is -2.85. The molecule has 1 unspecified atom stereocenters. The molecule has 33 heavy (non-hydrogen) atoms. The van der Waals surface area contributed by atoms with E-state index in [-0.39, 0.29) is 0 Å². The summed E-state index contributed by atoms with van der Waals surface area (Å²) in [6.07, 6.45) is 4.80. The van der Waals surface area contributed by atoms with Crippen LogP contribution in [0.25, 0.3) is 16.6 Å². The fourth-order valence-electron chi connectivity index (χ4n) is 5.14. The molecule has 5 rings (SSSR count). The molecular weight excluding hydrogens is 428 g/mol. The van der Waals surface area contributed by atoms with Gasteiger partial charge in [-0.05, 0) is 68.0 Å². The first-order valence-corrected chi connectivity index (χ1v) is 12.2. The monoisotopic (exact) mass is 458 g/mol. The summed E-state index contributed by atoms with van der Waals surface area (Å²) in [5.41, 5.74) is 8.99. The highest BCUT2D eigenvalue weighted by atomic mass is 35.5. The maximum absolute atomic E-state index is 6.90. The highest BCUT2D eigenvalue weighted by molar-refractivity contribution is 6.36. The molecule has 170 valence electrons. The van der Waals surface area contributed by atoms with Gasteiger partial charge in [0.1, 0.15) is 0 Å². The Kier molecular flexibility index (Phi) is 5.88. The zero-order valence-corrected chi connectivity index (χ0v) is 20.3. The maximum Gasteiger partial charge on any atom is 0.0727 e. The largest absolute Gasteiger partial charge is 0.372 e. The van der Waals surface area contributed by atoms with E-state index in [0.717, 1.165) is 89.7 Å². The molecular formula is C28H31ClN4. The second-order valence-electron chi connectivity index (χ2n) is 9.44. The minimum atomic E-state index is 0.390. The van der Waals surface area contributed by atoms with Crippen LogP contribution in [0.2, 0.25) is 5.02 Å². The molecule has 3 heterocycles. The van der Waals surface area contributed by atoms with Crippen molar-refractivity contribution in [2.75, 3.05) is 26.2 Å². The summed E-state index contributed by atoms with van der Waals surface area (Å²) in [5.74, 6) is 0.390. The van der Waals surface area contributed by atoms with Crippen molar-refractivity contribution < 1.29 is 0 Å². The third kappa shape index (κ3) is 4.24. The van der Waals surface area contributed by atoms with Crippen LogP contribution in [-0.4, -0.2) is 45.9 Å². The van der Waals surface area contributed by atoms with Gasteiger partial charge in [0.25, 0.3) is 0 Å². The summed E-state index contributed by atoms with van der Waals surface area (Å²) < 4.78 is 0. The predicted octanol–water partition coefficient (Wildman–Crippen LogP) is 5.99. The van der Waals surface area contributed by atoms with Crippen molar-refractivity contribution in [1.29, 1.82) is 0 Å². The fraction of sp³-hybridized carbons (Fsp3) is 0.357. The number of fused-ring (bicyclic) bond motifs is 2. The van der Waals surface area contributed by atoms with Gasteiger partial charge in [0.2, 0.25) is 0 Å². The first-order valence-electron chi connectivity index (χ1n) is 11.8. The Balaban J connectivity index is 1.42. The van der Waals surface area contributed by atoms with E-state index in [0.29, 0.717) is 5.92 Å². The Morgan fingerprint density at radius 1 is 1.06 bits per heavy atom. The predicted molar refractivity (Wildman–Crippen MR) is 137 cm³/mol. The summed E-state index contributed by atoms with van der Waals surface area (Å²) in [6.45, 7) is 16.5. The van der Waals surface area contributed by atoms with E-state index in [4.69, 9.17) is 16.6 Å². The lowest BCUT2D eigenvalue weighted by molar-refractivity contribution is 0.215. The molecule has 1 fully saturated rings. The summed E-state index contributed by atoms with van der Waals surface area (Å²) in [7, 11) is 0. The van der Waals surface area contributed by atoms with Crippen LogP contribution in [0, 0.1) is 6.92 Å². The number of hydrogen-bond acceptors (Lipinski definition) is 4. The van der Waals surface area contributed by atoms with Gasteiger partial charge >= 0.3 is 0 Å². The van der Waals surface area contributed by atoms with Crippen molar-refractivity contribution in [3.8, 4) is 0 Å². The van der Waals surface area contributed by atoms with Crippen molar-refractivity contribution >= 4 is 28.2 Å². The smallest absolute Gasteiger partial charge is 0.0727 e. The van der Waals surface area contributed by atoms with E-state index in [2.05, 4.69) is 72.1 Å². The van der Waals surface area contributed by atoms with Crippen LogP contribution in [-0.2, 0) is 12.8 Å². The van der Waals surface area contributed by atoms with Gasteiger partial charge in [0.15, 0.2) is 0 Å². The van der Waals surface area contributed by atoms with E-state index < -0.39 is 0 Å². The molecule has 0 N–H and O–H groups in total. The number of allylic oxidation sites excluding steroid dienone is 1. The van der Waals surface area contributed by atoms with Crippen molar-refractivity contribution in [1.82, 2.24) is 19.8 Å². The number of benzene rings is 1. The standard InChI is InChI=1S/C28H31ClN4/c1-18(2)32-11-13-33(14-12-32)20(4)21-5-7-23-26(16-21)31-27-17-22(6-8-24(27)28(23)29)25-15-19(3)9-10-30-25/h5,7,9-10,15-16,22H,1,4,6,8,11-14,17H2,2-3H3. The molecule has 2 aromatic heterocycles. The van der Waals surface area contributed by atoms with Gasteiger partial charge in [0.05, 0.1) is 10.5 Å². The lowest BCUT2D eigenvalue weighted by Crippen LogP contribution is -2.44. The molecule has 4 nitrogen and oxygen atoms in total. The lowest BCUT2D eigenvalue weighted by atomic mass is 9.83. The van der Waals surface area contributed by atoms with E-state index in [1.165, 1.54) is 11.1 Å². The zero-order valence-electron chi connectivity index (χ0n) is 19.6. The van der Waals surface area contributed by atoms with Gasteiger partial charge in [-0.3, -0.25) is 9.97 Å². The summed E-state index contributed by atoms with van der Waals surface area (Å²) in [6, 6.07) is 10.7. The van der Waals surface area contributed by atoms with Crippen LogP contribution in [0.15, 0.2) is 55.4 Å². The Morgan fingerprint density at radius 2 is 1.82 bits per heavy atom. The first-order chi connectivity index (χ1) is 15.9. The van der Waals surface area contributed by atoms with Crippen molar-refractivity contribution in [2.24, 2.45) is 0 Å². The van der Waals surface area contributed by atoms with Crippen molar-refractivity contribution in [2.45, 2.75) is 39.0 Å². The Labute approximate surface area is 201 Å². The molecule has 1 aliphatic carbocycles. The molecule has 1 atom stereocenters. The topological polar surface area (TPSA) is 32.3 Å². The highest BCUT2D eigenvalue weighted by Crippen LogP contribution is 2.38. The Bertz CT molecular complexity index is 1240. The average Bonchev–Trinajstić information content (AvgIpc) is 2.83. The number of aromatic nitrogens is 2. The number of nitrogens with zero attached hydrogens (tertiary/aromatic N) is 4. The molecule has 3 aromatic rings. The SMILES string of the molecule is C=C(C)N1CCN(C(=C)c2ccc3c(Cl)c4c(nc3c2)CC(c2cc(C)ccn2)CC4)CC1. The van der Waals surface area contributed by atoms with Gasteiger partial charge in [-0.2, -0.15) is 0 Å². The van der Waals surface area contributed by atoms with Crippen LogP contribution in [0.5, 0.6) is 0 Å². The van der Waals surface area contributed by atoms with Gasteiger partial charge in [0, 0.05) is 66.5 Å². The third-order valence-corrected chi connectivity index (χ3v) is 7.61. The maximum atomic E-state index is 6.90. The van der Waals surface area contributed by atoms with Crippen LogP contribution in [0.4, 0.5) is 0 Å². The second-order valence-corrected chi connectivity index (χ2v) is 9.81. The number of rotatable bonds is 4. The van der Waals surface area contributed by atoms with Gasteiger partial charge < -0.3 is 9.80 Å². The summed E-state index contributed by atoms with van der Waals surface area (Å²) in [4.78, 5) is 14.4. The van der Waals surface area contributed by atoms with Crippen LogP contribution < -0.4 is 0 Å². The van der Waals surface area contributed by atoms with E-state index in [9.17, 15) is 0 Å². The minimum Gasteiger partial charge on any atom is -0.372 e. The molecule has 0 bridgehead atoms.